The zero-order valence-corrected chi connectivity index (χ0v) is 14.1. The third-order valence-corrected chi connectivity index (χ3v) is 5.45. The van der Waals surface area contributed by atoms with Crippen LogP contribution in [0.1, 0.15) is 17.9 Å². The van der Waals surface area contributed by atoms with Crippen LogP contribution in [0.15, 0.2) is 40.0 Å². The van der Waals surface area contributed by atoms with E-state index in [2.05, 4.69) is 39.4 Å². The minimum absolute atomic E-state index is 0.172. The lowest BCUT2D eigenvalue weighted by Gasteiger charge is -2.10. The highest BCUT2D eigenvalue weighted by Crippen LogP contribution is 2.34. The molecule has 0 spiro atoms. The second kappa shape index (κ2) is 6.21. The van der Waals surface area contributed by atoms with Crippen molar-refractivity contribution in [3.63, 3.8) is 0 Å². The second-order valence-electron chi connectivity index (χ2n) is 4.45. The van der Waals surface area contributed by atoms with Crippen LogP contribution >= 0.6 is 34.9 Å². The molecule has 108 valence electrons. The lowest BCUT2D eigenvalue weighted by Crippen LogP contribution is -1.98. The summed E-state index contributed by atoms with van der Waals surface area (Å²) in [7, 11) is 0. The molecule has 4 nitrogen and oxygen atoms in total. The van der Waals surface area contributed by atoms with E-state index in [1.807, 2.05) is 12.5 Å². The summed E-state index contributed by atoms with van der Waals surface area (Å²) in [6.07, 6.45) is 3.91. The van der Waals surface area contributed by atoms with Crippen molar-refractivity contribution in [1.82, 2.24) is 15.0 Å². The molecule has 3 rings (SSSR count). The number of nitrogens with two attached hydrogens (primary N) is 1. The summed E-state index contributed by atoms with van der Waals surface area (Å²) < 4.78 is 1.21. The number of hydrogen-bond acceptors (Lipinski definition) is 7. The van der Waals surface area contributed by atoms with E-state index in [0.29, 0.717) is 11.0 Å². The quantitative estimate of drug-likeness (QED) is 0.437. The summed E-state index contributed by atoms with van der Waals surface area (Å²) in [5.74, 6) is 0.505. The molecule has 0 aliphatic heterocycles. The van der Waals surface area contributed by atoms with Gasteiger partial charge in [-0.15, -0.1) is 23.1 Å². The average Bonchev–Trinajstić information content (AvgIpc) is 2.93. The van der Waals surface area contributed by atoms with Crippen LogP contribution in [-0.2, 0) is 0 Å². The normalized spacial score (nSPS) is 12.7. The first-order chi connectivity index (χ1) is 10.2. The van der Waals surface area contributed by atoms with Gasteiger partial charge in [-0.05, 0) is 36.1 Å². The lowest BCUT2D eigenvalue weighted by atomic mass is 10.2. The Kier molecular flexibility index (Phi) is 4.32. The van der Waals surface area contributed by atoms with Crippen molar-refractivity contribution < 1.29 is 0 Å². The third kappa shape index (κ3) is 3.30. The molecular weight excluding hydrogens is 320 g/mol. The number of rotatable bonds is 4. The predicted molar refractivity (Wildman–Crippen MR) is 92.1 cm³/mol. The Morgan fingerprint density at radius 1 is 1.29 bits per heavy atom. The number of fused-ring (bicyclic) bond motifs is 1. The molecule has 7 heteroatoms. The van der Waals surface area contributed by atoms with Crippen LogP contribution in [0.5, 0.6) is 0 Å². The van der Waals surface area contributed by atoms with Gasteiger partial charge in [0.25, 0.3) is 0 Å². The van der Waals surface area contributed by atoms with Crippen LogP contribution in [0.25, 0.3) is 10.1 Å². The highest BCUT2D eigenvalue weighted by molar-refractivity contribution is 7.99. The van der Waals surface area contributed by atoms with Crippen molar-refractivity contribution in [2.75, 3.05) is 12.0 Å². The fraction of sp³-hybridized carbons (Fsp3) is 0.214. The highest BCUT2D eigenvalue weighted by Gasteiger charge is 2.13. The van der Waals surface area contributed by atoms with Crippen molar-refractivity contribution >= 4 is 50.8 Å². The van der Waals surface area contributed by atoms with Crippen molar-refractivity contribution in [3.8, 4) is 0 Å². The van der Waals surface area contributed by atoms with Gasteiger partial charge in [-0.3, -0.25) is 4.98 Å². The van der Waals surface area contributed by atoms with Gasteiger partial charge in [-0.1, -0.05) is 11.8 Å². The van der Waals surface area contributed by atoms with E-state index in [4.69, 9.17) is 5.73 Å². The van der Waals surface area contributed by atoms with Crippen LogP contribution < -0.4 is 5.73 Å². The molecule has 3 heterocycles. The summed E-state index contributed by atoms with van der Waals surface area (Å²) in [4.78, 5) is 13.3. The molecule has 0 bridgehead atoms. The first-order valence-corrected chi connectivity index (χ1v) is 9.32. The maximum Gasteiger partial charge on any atom is 0.191 e. The second-order valence-corrected chi connectivity index (χ2v) is 7.53. The van der Waals surface area contributed by atoms with Gasteiger partial charge >= 0.3 is 0 Å². The van der Waals surface area contributed by atoms with Crippen LogP contribution in [-0.4, -0.2) is 21.2 Å². The zero-order chi connectivity index (χ0) is 14.8. The van der Waals surface area contributed by atoms with Gasteiger partial charge in [-0.2, -0.15) is 0 Å². The summed E-state index contributed by atoms with van der Waals surface area (Å²) in [6.45, 7) is 2.11. The molecule has 1 unspecified atom stereocenters. The molecule has 0 saturated heterocycles. The van der Waals surface area contributed by atoms with Gasteiger partial charge in [0.15, 0.2) is 5.16 Å². The Morgan fingerprint density at radius 3 is 2.95 bits per heavy atom. The SMILES string of the molecule is CSc1cc(N)nc(SC(C)c2cc3ccsc3cn2)n1. The molecule has 0 saturated carbocycles. The first-order valence-electron chi connectivity index (χ1n) is 6.34. The Hall–Kier alpha value is -1.31. The molecule has 0 aliphatic carbocycles. The van der Waals surface area contributed by atoms with Crippen molar-refractivity contribution in [2.24, 2.45) is 0 Å². The predicted octanol–water partition coefficient (Wildman–Crippen LogP) is 4.24. The monoisotopic (exact) mass is 334 g/mol. The van der Waals surface area contributed by atoms with Crippen LogP contribution in [0.3, 0.4) is 0 Å². The molecule has 0 radical (unpaired) electrons. The summed E-state index contributed by atoms with van der Waals surface area (Å²) in [5, 5.41) is 5.07. The number of hydrogen-bond donors (Lipinski definition) is 1. The van der Waals surface area contributed by atoms with E-state index in [-0.39, 0.29) is 5.25 Å². The fourth-order valence-electron chi connectivity index (χ4n) is 1.90. The average molecular weight is 334 g/mol. The number of nitrogen functional groups attached to an aromatic ring is 1. The molecule has 0 fully saturated rings. The first kappa shape index (κ1) is 14.6. The maximum absolute atomic E-state index is 5.82. The third-order valence-electron chi connectivity index (χ3n) is 2.97. The Morgan fingerprint density at radius 2 is 2.14 bits per heavy atom. The number of pyridine rings is 1. The molecule has 2 N–H and O–H groups in total. The molecule has 3 aromatic rings. The van der Waals surface area contributed by atoms with Crippen molar-refractivity contribution in [2.45, 2.75) is 22.4 Å². The molecule has 3 aromatic heterocycles. The van der Waals surface area contributed by atoms with Crippen LogP contribution in [0.2, 0.25) is 0 Å². The number of nitrogens with zero attached hydrogens (tertiary/aromatic N) is 3. The van der Waals surface area contributed by atoms with Crippen molar-refractivity contribution in [3.05, 3.63) is 35.5 Å². The van der Waals surface area contributed by atoms with Crippen LogP contribution in [0.4, 0.5) is 5.82 Å². The van der Waals surface area contributed by atoms with Gasteiger partial charge in [0.2, 0.25) is 0 Å². The van der Waals surface area contributed by atoms with E-state index in [1.54, 1.807) is 40.9 Å². The van der Waals surface area contributed by atoms with E-state index in [0.717, 1.165) is 10.7 Å². The molecule has 1 atom stereocenters. The Balaban J connectivity index is 1.84. The number of anilines is 1. The van der Waals surface area contributed by atoms with E-state index < -0.39 is 0 Å². The maximum atomic E-state index is 5.82. The smallest absolute Gasteiger partial charge is 0.191 e. The van der Waals surface area contributed by atoms with E-state index in [9.17, 15) is 0 Å². The minimum Gasteiger partial charge on any atom is -0.384 e. The number of thiophene rings is 1. The van der Waals surface area contributed by atoms with E-state index >= 15 is 0 Å². The van der Waals surface area contributed by atoms with Crippen LogP contribution in [0, 0.1) is 0 Å². The zero-order valence-electron chi connectivity index (χ0n) is 11.6. The largest absolute Gasteiger partial charge is 0.384 e. The van der Waals surface area contributed by atoms with Gasteiger partial charge in [0.05, 0.1) is 15.6 Å². The Labute approximate surface area is 135 Å². The summed E-state index contributed by atoms with van der Waals surface area (Å²) >= 11 is 4.85. The Bertz CT molecular complexity index is 772. The fourth-order valence-corrected chi connectivity index (χ4v) is 3.99. The van der Waals surface area contributed by atoms with Crippen molar-refractivity contribution in [1.29, 1.82) is 0 Å². The van der Waals surface area contributed by atoms with Gasteiger partial charge < -0.3 is 5.73 Å². The summed E-state index contributed by atoms with van der Waals surface area (Å²) in [5.41, 5.74) is 6.85. The number of aromatic nitrogens is 3. The van der Waals surface area contributed by atoms with Gasteiger partial charge in [0, 0.05) is 12.3 Å². The molecule has 21 heavy (non-hydrogen) atoms. The highest BCUT2D eigenvalue weighted by atomic mass is 32.2. The van der Waals surface area contributed by atoms with E-state index in [1.165, 1.54) is 10.1 Å². The molecule has 0 amide bonds. The minimum atomic E-state index is 0.172. The summed E-state index contributed by atoms with van der Waals surface area (Å²) in [6, 6.07) is 6.03. The molecule has 0 aliphatic rings. The molecule has 0 aromatic carbocycles. The molecular formula is C14H14N4S3. The van der Waals surface area contributed by atoms with Gasteiger partial charge in [0.1, 0.15) is 10.8 Å². The standard InChI is InChI=1S/C14H14N4S3/c1-8(10-5-9-3-4-20-11(9)7-16-10)21-14-17-12(15)6-13(18-14)19-2/h3-8H,1-2H3,(H2,15,17,18). The lowest BCUT2D eigenvalue weighted by molar-refractivity contribution is 0.889. The topological polar surface area (TPSA) is 64.7 Å². The number of thioether (sulfide) groups is 2. The van der Waals surface area contributed by atoms with Gasteiger partial charge in [-0.25, -0.2) is 9.97 Å².